The molecule has 2 fully saturated rings. The molecule has 5 nitrogen and oxygen atoms in total. The van der Waals surface area contributed by atoms with Gasteiger partial charge in [-0.25, -0.2) is 4.98 Å². The monoisotopic (exact) mass is 358 g/mol. The largest absolute Gasteiger partial charge is 0.341 e. The van der Waals surface area contributed by atoms with Crippen LogP contribution in [0, 0.1) is 0 Å². The Morgan fingerprint density at radius 2 is 2.00 bits per heavy atom. The highest BCUT2D eigenvalue weighted by molar-refractivity contribution is 7.18. The van der Waals surface area contributed by atoms with E-state index in [2.05, 4.69) is 39.9 Å². The number of thiazole rings is 1. The number of hydrogen-bond donors (Lipinski definition) is 0. The van der Waals surface area contributed by atoms with Gasteiger partial charge in [0.15, 0.2) is 0 Å². The molecule has 0 bridgehead atoms. The molecular weight excluding hydrogens is 332 g/mol. The maximum absolute atomic E-state index is 12.8. The molecule has 6 heteroatoms. The number of carbonyl (C=O) groups excluding carboxylic acids is 1. The van der Waals surface area contributed by atoms with E-state index in [4.69, 9.17) is 4.98 Å². The molecule has 1 amide bonds. The number of piperidine rings is 1. The van der Waals surface area contributed by atoms with Crippen molar-refractivity contribution >= 4 is 27.5 Å². The summed E-state index contributed by atoms with van der Waals surface area (Å²) in [4.78, 5) is 24.3. The van der Waals surface area contributed by atoms with Gasteiger partial charge in [-0.2, -0.15) is 0 Å². The van der Waals surface area contributed by atoms with Crippen LogP contribution in [0.3, 0.4) is 0 Å². The number of amides is 1. The fourth-order valence-electron chi connectivity index (χ4n) is 3.77. The molecule has 0 N–H and O–H groups in total. The van der Waals surface area contributed by atoms with E-state index in [0.717, 1.165) is 57.6 Å². The van der Waals surface area contributed by atoms with Crippen molar-refractivity contribution in [2.45, 2.75) is 18.8 Å². The lowest BCUT2D eigenvalue weighted by atomic mass is 9.98. The van der Waals surface area contributed by atoms with Crippen LogP contribution in [-0.4, -0.2) is 78.5 Å². The fourth-order valence-corrected chi connectivity index (χ4v) is 4.86. The van der Waals surface area contributed by atoms with Crippen molar-refractivity contribution in [3.8, 4) is 0 Å². The number of likely N-dealkylation sites (tertiary alicyclic amines) is 1. The van der Waals surface area contributed by atoms with E-state index >= 15 is 0 Å². The third kappa shape index (κ3) is 3.86. The standard InChI is InChI=1S/C19H26N4OS/c1-21-9-11-22(12-10-21)14-18(24)23-8-4-5-15(13-23)19-20-16-6-2-3-7-17(16)25-19/h2-3,6-7,15H,4-5,8-14H2,1H3/t15-/m1/s1. The minimum atomic E-state index is 0.287. The van der Waals surface area contributed by atoms with Gasteiger partial charge in [-0.15, -0.1) is 11.3 Å². The summed E-state index contributed by atoms with van der Waals surface area (Å²) >= 11 is 1.79. The molecule has 0 aliphatic carbocycles. The maximum Gasteiger partial charge on any atom is 0.236 e. The topological polar surface area (TPSA) is 39.7 Å². The summed E-state index contributed by atoms with van der Waals surface area (Å²) in [5.74, 6) is 0.679. The van der Waals surface area contributed by atoms with Crippen molar-refractivity contribution in [2.24, 2.45) is 0 Å². The number of likely N-dealkylation sites (N-methyl/N-ethyl adjacent to an activating group) is 1. The van der Waals surface area contributed by atoms with Crippen LogP contribution in [0.1, 0.15) is 23.8 Å². The van der Waals surface area contributed by atoms with Crippen molar-refractivity contribution in [1.82, 2.24) is 19.7 Å². The van der Waals surface area contributed by atoms with Gasteiger partial charge in [-0.1, -0.05) is 12.1 Å². The highest BCUT2D eigenvalue weighted by Gasteiger charge is 2.28. The summed E-state index contributed by atoms with van der Waals surface area (Å²) in [6, 6.07) is 8.32. The van der Waals surface area contributed by atoms with E-state index in [1.54, 1.807) is 11.3 Å². The zero-order valence-corrected chi connectivity index (χ0v) is 15.7. The number of fused-ring (bicyclic) bond motifs is 1. The molecule has 0 radical (unpaired) electrons. The molecule has 3 heterocycles. The zero-order valence-electron chi connectivity index (χ0n) is 14.9. The second-order valence-corrected chi connectivity index (χ2v) is 8.34. The van der Waals surface area contributed by atoms with Gasteiger partial charge in [0.25, 0.3) is 0 Å². The Labute approximate surface area is 153 Å². The lowest BCUT2D eigenvalue weighted by Gasteiger charge is -2.36. The van der Waals surface area contributed by atoms with Crippen LogP contribution < -0.4 is 0 Å². The molecule has 0 unspecified atom stereocenters. The summed E-state index contributed by atoms with van der Waals surface area (Å²) < 4.78 is 1.25. The highest BCUT2D eigenvalue weighted by atomic mass is 32.1. The van der Waals surface area contributed by atoms with Gasteiger partial charge in [-0.3, -0.25) is 9.69 Å². The van der Waals surface area contributed by atoms with Crippen LogP contribution in [0.5, 0.6) is 0 Å². The van der Waals surface area contributed by atoms with Crippen LogP contribution >= 0.6 is 11.3 Å². The minimum Gasteiger partial charge on any atom is -0.341 e. The van der Waals surface area contributed by atoms with Crippen LogP contribution in [0.4, 0.5) is 0 Å². The third-order valence-corrected chi connectivity index (χ3v) is 6.59. The average molecular weight is 359 g/mol. The number of piperazine rings is 1. The normalized spacial score (nSPS) is 23.2. The number of para-hydroxylation sites is 1. The summed E-state index contributed by atoms with van der Waals surface area (Å²) in [7, 11) is 2.15. The molecule has 2 aliphatic rings. The number of nitrogens with zero attached hydrogens (tertiary/aromatic N) is 4. The third-order valence-electron chi connectivity index (χ3n) is 5.39. The molecule has 1 aromatic carbocycles. The lowest BCUT2D eigenvalue weighted by Crippen LogP contribution is -2.50. The smallest absolute Gasteiger partial charge is 0.236 e. The molecule has 2 aliphatic heterocycles. The van der Waals surface area contributed by atoms with Crippen LogP contribution in [-0.2, 0) is 4.79 Å². The Balaban J connectivity index is 1.39. The van der Waals surface area contributed by atoms with Crippen molar-refractivity contribution in [1.29, 1.82) is 0 Å². The molecule has 2 saturated heterocycles. The number of rotatable bonds is 3. The van der Waals surface area contributed by atoms with Crippen LogP contribution in [0.15, 0.2) is 24.3 Å². The van der Waals surface area contributed by atoms with Gasteiger partial charge in [0.1, 0.15) is 0 Å². The molecule has 134 valence electrons. The number of benzene rings is 1. The van der Waals surface area contributed by atoms with Gasteiger partial charge in [-0.05, 0) is 32.0 Å². The van der Waals surface area contributed by atoms with E-state index in [1.807, 2.05) is 6.07 Å². The van der Waals surface area contributed by atoms with Gasteiger partial charge in [0, 0.05) is 45.2 Å². The molecule has 1 atom stereocenters. The Bertz CT molecular complexity index is 705. The second kappa shape index (κ2) is 7.40. The predicted molar refractivity (Wildman–Crippen MR) is 102 cm³/mol. The van der Waals surface area contributed by atoms with Crippen molar-refractivity contribution in [3.63, 3.8) is 0 Å². The Morgan fingerprint density at radius 3 is 2.80 bits per heavy atom. The number of aromatic nitrogens is 1. The van der Waals surface area contributed by atoms with E-state index in [0.29, 0.717) is 12.5 Å². The molecule has 0 saturated carbocycles. The number of carbonyl (C=O) groups is 1. The summed E-state index contributed by atoms with van der Waals surface area (Å²) in [5.41, 5.74) is 1.09. The van der Waals surface area contributed by atoms with E-state index in [1.165, 1.54) is 9.71 Å². The van der Waals surface area contributed by atoms with Gasteiger partial charge < -0.3 is 9.80 Å². The second-order valence-electron chi connectivity index (χ2n) is 7.28. The van der Waals surface area contributed by atoms with E-state index < -0.39 is 0 Å². The van der Waals surface area contributed by atoms with Gasteiger partial charge in [0.2, 0.25) is 5.91 Å². The van der Waals surface area contributed by atoms with E-state index in [-0.39, 0.29) is 5.91 Å². The first kappa shape index (κ1) is 16.9. The highest BCUT2D eigenvalue weighted by Crippen LogP contribution is 2.32. The Morgan fingerprint density at radius 1 is 1.20 bits per heavy atom. The average Bonchev–Trinajstić information content (AvgIpc) is 3.08. The summed E-state index contributed by atoms with van der Waals surface area (Å²) in [6.07, 6.45) is 2.22. The van der Waals surface area contributed by atoms with E-state index in [9.17, 15) is 4.79 Å². The molecule has 4 rings (SSSR count). The lowest BCUT2D eigenvalue weighted by molar-refractivity contribution is -0.134. The van der Waals surface area contributed by atoms with Gasteiger partial charge in [0.05, 0.1) is 21.8 Å². The van der Waals surface area contributed by atoms with Crippen molar-refractivity contribution in [3.05, 3.63) is 29.3 Å². The Hall–Kier alpha value is -1.50. The summed E-state index contributed by atoms with van der Waals surface area (Å²) in [5, 5.41) is 1.19. The first-order chi connectivity index (χ1) is 12.2. The fraction of sp³-hybridized carbons (Fsp3) is 0.579. The molecule has 0 spiro atoms. The maximum atomic E-state index is 12.8. The first-order valence-electron chi connectivity index (χ1n) is 9.23. The molecule has 25 heavy (non-hydrogen) atoms. The summed E-state index contributed by atoms with van der Waals surface area (Å²) in [6.45, 7) is 6.40. The SMILES string of the molecule is CN1CCN(CC(=O)N2CCC[C@@H](c3nc4ccccc4s3)C2)CC1. The molecule has 1 aromatic heterocycles. The quantitative estimate of drug-likeness (QED) is 0.844. The van der Waals surface area contributed by atoms with Crippen LogP contribution in [0.2, 0.25) is 0 Å². The minimum absolute atomic E-state index is 0.287. The number of hydrogen-bond acceptors (Lipinski definition) is 5. The zero-order chi connectivity index (χ0) is 17.2. The van der Waals surface area contributed by atoms with Crippen molar-refractivity contribution in [2.75, 3.05) is 52.9 Å². The van der Waals surface area contributed by atoms with Crippen LogP contribution in [0.25, 0.3) is 10.2 Å². The first-order valence-corrected chi connectivity index (χ1v) is 10.0. The predicted octanol–water partition coefficient (Wildman–Crippen LogP) is 2.25. The molecule has 2 aromatic rings. The van der Waals surface area contributed by atoms with Crippen molar-refractivity contribution < 1.29 is 4.79 Å². The molecular formula is C19H26N4OS. The van der Waals surface area contributed by atoms with Gasteiger partial charge >= 0.3 is 0 Å². The Kier molecular flexibility index (Phi) is 5.01.